The molecule has 0 bridgehead atoms. The summed E-state index contributed by atoms with van der Waals surface area (Å²) in [5, 5.41) is 4.12. The number of aromatic amines is 1. The number of aromatic nitrogens is 4. The first-order valence-electron chi connectivity index (χ1n) is 7.64. The molecule has 1 aromatic carbocycles. The van der Waals surface area contributed by atoms with Crippen LogP contribution in [0.3, 0.4) is 0 Å². The molecule has 0 amide bonds. The average Bonchev–Trinajstić information content (AvgIpc) is 3.02. The van der Waals surface area contributed by atoms with Crippen molar-refractivity contribution in [1.29, 1.82) is 0 Å². The molecule has 0 aliphatic carbocycles. The number of nitrogens with one attached hydrogen (secondary N) is 1. The largest absolute Gasteiger partial charge is 0.416 e. The SMILES string of the molecule is Cc1nc(-c2cnn(C(C)c3ccc(C(F)(F)F)cc3F)c2)cc(=O)[nH]1. The molecule has 0 saturated carbocycles. The molecule has 3 aromatic rings. The van der Waals surface area contributed by atoms with Crippen LogP contribution in [0.5, 0.6) is 0 Å². The quantitative estimate of drug-likeness (QED) is 0.719. The number of rotatable bonds is 3. The first-order valence-corrected chi connectivity index (χ1v) is 7.64. The van der Waals surface area contributed by atoms with E-state index in [0.29, 0.717) is 23.1 Å². The van der Waals surface area contributed by atoms with Gasteiger partial charge in [0.1, 0.15) is 11.6 Å². The zero-order valence-corrected chi connectivity index (χ0v) is 13.8. The average molecular weight is 366 g/mol. The minimum Gasteiger partial charge on any atom is -0.311 e. The minimum atomic E-state index is -4.61. The van der Waals surface area contributed by atoms with Gasteiger partial charge in [-0.2, -0.15) is 18.3 Å². The fourth-order valence-electron chi connectivity index (χ4n) is 2.59. The molecule has 2 aromatic heterocycles. The lowest BCUT2D eigenvalue weighted by molar-refractivity contribution is -0.137. The highest BCUT2D eigenvalue weighted by Gasteiger charge is 2.31. The Morgan fingerprint density at radius 1 is 1.23 bits per heavy atom. The van der Waals surface area contributed by atoms with Gasteiger partial charge in [0.15, 0.2) is 0 Å². The molecule has 1 atom stereocenters. The Bertz CT molecular complexity index is 1010. The molecule has 136 valence electrons. The Labute approximate surface area is 145 Å². The molecule has 0 fully saturated rings. The monoisotopic (exact) mass is 366 g/mol. The number of H-pyrrole nitrogens is 1. The van der Waals surface area contributed by atoms with Crippen LogP contribution in [0.15, 0.2) is 41.5 Å². The Morgan fingerprint density at radius 3 is 2.58 bits per heavy atom. The van der Waals surface area contributed by atoms with Gasteiger partial charge in [-0.1, -0.05) is 6.07 Å². The Hall–Kier alpha value is -2.97. The molecule has 0 aliphatic rings. The molecule has 1 unspecified atom stereocenters. The van der Waals surface area contributed by atoms with E-state index in [9.17, 15) is 22.4 Å². The van der Waals surface area contributed by atoms with E-state index in [1.807, 2.05) is 0 Å². The third-order valence-corrected chi connectivity index (χ3v) is 3.93. The van der Waals surface area contributed by atoms with E-state index in [2.05, 4.69) is 15.1 Å². The summed E-state index contributed by atoms with van der Waals surface area (Å²) in [5.74, 6) is -0.531. The van der Waals surface area contributed by atoms with Gasteiger partial charge in [0.2, 0.25) is 0 Å². The van der Waals surface area contributed by atoms with E-state index in [4.69, 9.17) is 0 Å². The summed E-state index contributed by atoms with van der Waals surface area (Å²) in [7, 11) is 0. The van der Waals surface area contributed by atoms with E-state index >= 15 is 0 Å². The molecule has 3 rings (SSSR count). The fraction of sp³-hybridized carbons (Fsp3) is 0.235. The van der Waals surface area contributed by atoms with Crippen molar-refractivity contribution in [3.05, 3.63) is 69.8 Å². The molecule has 0 radical (unpaired) electrons. The van der Waals surface area contributed by atoms with Crippen LogP contribution in [0.25, 0.3) is 11.3 Å². The van der Waals surface area contributed by atoms with E-state index < -0.39 is 23.6 Å². The lowest BCUT2D eigenvalue weighted by atomic mass is 10.0. The van der Waals surface area contributed by atoms with Crippen molar-refractivity contribution >= 4 is 0 Å². The maximum Gasteiger partial charge on any atom is 0.416 e. The van der Waals surface area contributed by atoms with Crippen LogP contribution in [0.2, 0.25) is 0 Å². The highest BCUT2D eigenvalue weighted by molar-refractivity contribution is 5.56. The third kappa shape index (κ3) is 3.51. The summed E-state index contributed by atoms with van der Waals surface area (Å²) in [6, 6.07) is 3.06. The predicted molar refractivity (Wildman–Crippen MR) is 86.0 cm³/mol. The van der Waals surface area contributed by atoms with Crippen molar-refractivity contribution in [2.24, 2.45) is 0 Å². The van der Waals surface area contributed by atoms with Crippen LogP contribution in [0.1, 0.15) is 29.9 Å². The summed E-state index contributed by atoms with van der Waals surface area (Å²) < 4.78 is 53.5. The number of hydrogen-bond acceptors (Lipinski definition) is 3. The van der Waals surface area contributed by atoms with Crippen LogP contribution >= 0.6 is 0 Å². The molecule has 0 saturated heterocycles. The van der Waals surface area contributed by atoms with Gasteiger partial charge < -0.3 is 4.98 Å². The molecule has 9 heteroatoms. The number of hydrogen-bond donors (Lipinski definition) is 1. The smallest absolute Gasteiger partial charge is 0.311 e. The molecular weight excluding hydrogens is 352 g/mol. The van der Waals surface area contributed by atoms with Gasteiger partial charge in [-0.05, 0) is 26.0 Å². The van der Waals surface area contributed by atoms with Gasteiger partial charge in [0.05, 0.1) is 23.5 Å². The summed E-state index contributed by atoms with van der Waals surface area (Å²) in [6.45, 7) is 3.24. The van der Waals surface area contributed by atoms with E-state index in [0.717, 1.165) is 12.1 Å². The maximum atomic E-state index is 14.2. The number of benzene rings is 1. The highest BCUT2D eigenvalue weighted by atomic mass is 19.4. The number of alkyl halides is 3. The van der Waals surface area contributed by atoms with Gasteiger partial charge in [0.25, 0.3) is 5.56 Å². The van der Waals surface area contributed by atoms with Crippen LogP contribution in [-0.2, 0) is 6.18 Å². The topological polar surface area (TPSA) is 63.6 Å². The first-order chi connectivity index (χ1) is 12.1. The van der Waals surface area contributed by atoms with E-state index in [1.165, 1.54) is 16.9 Å². The Balaban J connectivity index is 1.93. The zero-order valence-electron chi connectivity index (χ0n) is 13.8. The molecule has 5 nitrogen and oxygen atoms in total. The first kappa shape index (κ1) is 17.8. The van der Waals surface area contributed by atoms with E-state index in [1.54, 1.807) is 20.0 Å². The molecule has 0 spiro atoms. The molecule has 1 N–H and O–H groups in total. The van der Waals surface area contributed by atoms with Crippen molar-refractivity contribution in [2.45, 2.75) is 26.1 Å². The van der Waals surface area contributed by atoms with Crippen molar-refractivity contribution in [3.63, 3.8) is 0 Å². The zero-order chi connectivity index (χ0) is 19.1. The summed E-state index contributed by atoms with van der Waals surface area (Å²) in [5.41, 5.74) is -0.351. The summed E-state index contributed by atoms with van der Waals surface area (Å²) in [6.07, 6.45) is -1.59. The van der Waals surface area contributed by atoms with Crippen molar-refractivity contribution in [1.82, 2.24) is 19.7 Å². The van der Waals surface area contributed by atoms with Crippen LogP contribution in [0, 0.1) is 12.7 Å². The molecule has 0 aliphatic heterocycles. The summed E-state index contributed by atoms with van der Waals surface area (Å²) >= 11 is 0. The fourth-order valence-corrected chi connectivity index (χ4v) is 2.59. The van der Waals surface area contributed by atoms with Crippen LogP contribution in [-0.4, -0.2) is 19.7 Å². The number of nitrogens with zero attached hydrogens (tertiary/aromatic N) is 3. The number of halogens is 4. The van der Waals surface area contributed by atoms with Crippen LogP contribution < -0.4 is 5.56 Å². The van der Waals surface area contributed by atoms with Gasteiger partial charge in [0, 0.05) is 23.4 Å². The maximum absolute atomic E-state index is 14.2. The van der Waals surface area contributed by atoms with E-state index in [-0.39, 0.29) is 11.1 Å². The molecular formula is C17H14F4N4O. The lowest BCUT2D eigenvalue weighted by Crippen LogP contribution is -2.11. The van der Waals surface area contributed by atoms with Gasteiger partial charge >= 0.3 is 6.18 Å². The van der Waals surface area contributed by atoms with Crippen molar-refractivity contribution < 1.29 is 17.6 Å². The lowest BCUT2D eigenvalue weighted by Gasteiger charge is -2.15. The second-order valence-electron chi connectivity index (χ2n) is 5.84. The second-order valence-corrected chi connectivity index (χ2v) is 5.84. The highest BCUT2D eigenvalue weighted by Crippen LogP contribution is 2.32. The molecule has 2 heterocycles. The van der Waals surface area contributed by atoms with Gasteiger partial charge in [-0.25, -0.2) is 9.37 Å². The van der Waals surface area contributed by atoms with Crippen molar-refractivity contribution in [3.8, 4) is 11.3 Å². The molecule has 26 heavy (non-hydrogen) atoms. The number of aryl methyl sites for hydroxylation is 1. The van der Waals surface area contributed by atoms with Gasteiger partial charge in [-0.3, -0.25) is 9.48 Å². The Kier molecular flexibility index (Phi) is 4.39. The standard InChI is InChI=1S/C17H14F4N4O/c1-9(13-4-3-12(5-14(13)18)17(19,20)21)25-8-11(7-22-25)15-6-16(26)24-10(2)23-15/h3-9H,1-2H3,(H,23,24,26). The van der Waals surface area contributed by atoms with Crippen LogP contribution in [0.4, 0.5) is 17.6 Å². The normalized spacial score (nSPS) is 13.0. The third-order valence-electron chi connectivity index (χ3n) is 3.93. The second kappa shape index (κ2) is 6.40. The minimum absolute atomic E-state index is 0.0719. The van der Waals surface area contributed by atoms with Gasteiger partial charge in [-0.15, -0.1) is 0 Å². The van der Waals surface area contributed by atoms with Crippen molar-refractivity contribution in [2.75, 3.05) is 0 Å². The summed E-state index contributed by atoms with van der Waals surface area (Å²) in [4.78, 5) is 18.3. The Morgan fingerprint density at radius 2 is 1.96 bits per heavy atom. The predicted octanol–water partition coefficient (Wildman–Crippen LogP) is 3.71.